The van der Waals surface area contributed by atoms with E-state index in [1.165, 1.54) is 10.9 Å². The number of alkyl halides is 2. The smallest absolute Gasteiger partial charge is 0.279 e. The van der Waals surface area contributed by atoms with Gasteiger partial charge in [-0.3, -0.25) is 4.68 Å². The van der Waals surface area contributed by atoms with Crippen LogP contribution in [0.3, 0.4) is 0 Å². The van der Waals surface area contributed by atoms with Gasteiger partial charge in [0.15, 0.2) is 0 Å². The standard InChI is InChI=1S/C7H11F2N3/c1-6-2-3-11-12(6)5-7(8,9)4-10/h2-3H,4-5,10H2,1H3. The molecular weight excluding hydrogens is 164 g/mol. The van der Waals surface area contributed by atoms with E-state index in [-0.39, 0.29) is 0 Å². The van der Waals surface area contributed by atoms with Gasteiger partial charge in [0, 0.05) is 11.9 Å². The third-order valence-corrected chi connectivity index (χ3v) is 1.61. The lowest BCUT2D eigenvalue weighted by Gasteiger charge is -2.14. The van der Waals surface area contributed by atoms with Crippen LogP contribution in [0.15, 0.2) is 12.3 Å². The predicted octanol–water partition coefficient (Wildman–Crippen LogP) is 0.786. The first-order valence-electron chi connectivity index (χ1n) is 3.61. The first-order valence-corrected chi connectivity index (χ1v) is 3.61. The van der Waals surface area contributed by atoms with Crippen molar-refractivity contribution in [2.45, 2.75) is 19.4 Å². The van der Waals surface area contributed by atoms with Crippen LogP contribution in [0.5, 0.6) is 0 Å². The van der Waals surface area contributed by atoms with Gasteiger partial charge in [-0.25, -0.2) is 8.78 Å². The number of aromatic nitrogens is 2. The van der Waals surface area contributed by atoms with Crippen LogP contribution in [0.25, 0.3) is 0 Å². The highest BCUT2D eigenvalue weighted by Crippen LogP contribution is 2.14. The van der Waals surface area contributed by atoms with Crippen molar-refractivity contribution in [2.24, 2.45) is 5.73 Å². The molecule has 0 unspecified atom stereocenters. The van der Waals surface area contributed by atoms with Crippen molar-refractivity contribution < 1.29 is 8.78 Å². The summed E-state index contributed by atoms with van der Waals surface area (Å²) < 4.78 is 26.7. The summed E-state index contributed by atoms with van der Waals surface area (Å²) in [6, 6.07) is 1.67. The first-order chi connectivity index (χ1) is 5.55. The maximum absolute atomic E-state index is 12.7. The molecule has 0 saturated heterocycles. The summed E-state index contributed by atoms with van der Waals surface area (Å²) in [7, 11) is 0. The van der Waals surface area contributed by atoms with E-state index in [1.807, 2.05) is 0 Å². The molecule has 68 valence electrons. The number of hydrogen-bond acceptors (Lipinski definition) is 2. The van der Waals surface area contributed by atoms with Crippen LogP contribution >= 0.6 is 0 Å². The largest absolute Gasteiger partial charge is 0.325 e. The maximum Gasteiger partial charge on any atom is 0.279 e. The molecule has 3 nitrogen and oxygen atoms in total. The fourth-order valence-electron chi connectivity index (χ4n) is 0.848. The Bertz CT molecular complexity index is 257. The average molecular weight is 175 g/mol. The molecule has 1 aromatic rings. The van der Waals surface area contributed by atoms with E-state index in [4.69, 9.17) is 5.73 Å². The van der Waals surface area contributed by atoms with Gasteiger partial charge in [-0.1, -0.05) is 0 Å². The van der Waals surface area contributed by atoms with Gasteiger partial charge in [-0.05, 0) is 13.0 Å². The van der Waals surface area contributed by atoms with Crippen LogP contribution in [-0.2, 0) is 6.54 Å². The van der Waals surface area contributed by atoms with Crippen LogP contribution in [0, 0.1) is 6.92 Å². The highest BCUT2D eigenvalue weighted by molar-refractivity contribution is 4.97. The molecular formula is C7H11F2N3. The molecule has 0 radical (unpaired) electrons. The molecule has 1 heterocycles. The van der Waals surface area contributed by atoms with Crippen LogP contribution in [0.2, 0.25) is 0 Å². The molecule has 0 aliphatic carbocycles. The molecule has 1 rings (SSSR count). The Kier molecular flexibility index (Phi) is 2.42. The number of rotatable bonds is 3. The monoisotopic (exact) mass is 175 g/mol. The minimum Gasteiger partial charge on any atom is -0.325 e. The Morgan fingerprint density at radius 3 is 2.75 bits per heavy atom. The van der Waals surface area contributed by atoms with E-state index in [0.29, 0.717) is 5.69 Å². The van der Waals surface area contributed by atoms with E-state index in [9.17, 15) is 8.78 Å². The van der Waals surface area contributed by atoms with Crippen molar-refractivity contribution in [3.05, 3.63) is 18.0 Å². The van der Waals surface area contributed by atoms with Crippen molar-refractivity contribution in [3.63, 3.8) is 0 Å². The van der Waals surface area contributed by atoms with E-state index >= 15 is 0 Å². The average Bonchev–Trinajstić information content (AvgIpc) is 2.36. The Hall–Kier alpha value is -0.970. The molecule has 0 atom stereocenters. The SMILES string of the molecule is Cc1ccnn1CC(F)(F)CN. The summed E-state index contributed by atoms with van der Waals surface area (Å²) in [5.41, 5.74) is 5.59. The summed E-state index contributed by atoms with van der Waals surface area (Å²) >= 11 is 0. The topological polar surface area (TPSA) is 43.8 Å². The normalized spacial score (nSPS) is 12.0. The van der Waals surface area contributed by atoms with E-state index in [0.717, 1.165) is 0 Å². The lowest BCUT2D eigenvalue weighted by molar-refractivity contribution is -0.0103. The zero-order valence-corrected chi connectivity index (χ0v) is 6.80. The van der Waals surface area contributed by atoms with Gasteiger partial charge in [0.25, 0.3) is 5.92 Å². The third kappa shape index (κ3) is 2.01. The number of nitrogens with two attached hydrogens (primary N) is 1. The quantitative estimate of drug-likeness (QED) is 0.737. The van der Waals surface area contributed by atoms with E-state index in [1.54, 1.807) is 13.0 Å². The molecule has 0 bridgehead atoms. The van der Waals surface area contributed by atoms with Gasteiger partial charge in [0.1, 0.15) is 6.54 Å². The fraction of sp³-hybridized carbons (Fsp3) is 0.571. The Labute approximate surface area is 69.2 Å². The van der Waals surface area contributed by atoms with E-state index < -0.39 is 19.0 Å². The fourth-order valence-corrected chi connectivity index (χ4v) is 0.848. The third-order valence-electron chi connectivity index (χ3n) is 1.61. The number of halogens is 2. The maximum atomic E-state index is 12.7. The molecule has 0 spiro atoms. The van der Waals surface area contributed by atoms with Gasteiger partial charge >= 0.3 is 0 Å². The molecule has 2 N–H and O–H groups in total. The van der Waals surface area contributed by atoms with E-state index in [2.05, 4.69) is 5.10 Å². The van der Waals surface area contributed by atoms with Crippen molar-refractivity contribution in [2.75, 3.05) is 6.54 Å². The summed E-state index contributed by atoms with van der Waals surface area (Å²) in [6.45, 7) is 0.633. The summed E-state index contributed by atoms with van der Waals surface area (Å²) in [5, 5.41) is 3.73. The highest BCUT2D eigenvalue weighted by Gasteiger charge is 2.27. The van der Waals surface area contributed by atoms with Crippen LogP contribution < -0.4 is 5.73 Å². The Morgan fingerprint density at radius 1 is 1.67 bits per heavy atom. The Morgan fingerprint density at radius 2 is 2.33 bits per heavy atom. The Balaban J connectivity index is 2.70. The number of nitrogens with zero attached hydrogens (tertiary/aromatic N) is 2. The summed E-state index contributed by atoms with van der Waals surface area (Å²) in [4.78, 5) is 0. The minimum atomic E-state index is -2.86. The number of aryl methyl sites for hydroxylation is 1. The zero-order chi connectivity index (χ0) is 9.19. The minimum absolute atomic E-state index is 0.442. The lowest BCUT2D eigenvalue weighted by Crippen LogP contribution is -2.33. The van der Waals surface area contributed by atoms with Gasteiger partial charge < -0.3 is 5.73 Å². The van der Waals surface area contributed by atoms with Gasteiger partial charge in [0.2, 0.25) is 0 Å². The second kappa shape index (κ2) is 3.18. The van der Waals surface area contributed by atoms with Crippen molar-refractivity contribution >= 4 is 0 Å². The molecule has 0 saturated carbocycles. The van der Waals surface area contributed by atoms with Crippen LogP contribution in [0.4, 0.5) is 8.78 Å². The second-order valence-corrected chi connectivity index (χ2v) is 2.69. The molecule has 0 aromatic carbocycles. The molecule has 0 aliphatic heterocycles. The van der Waals surface area contributed by atoms with Crippen LogP contribution in [-0.4, -0.2) is 22.2 Å². The molecule has 5 heteroatoms. The molecule has 1 aromatic heterocycles. The van der Waals surface area contributed by atoms with Crippen molar-refractivity contribution in [1.82, 2.24) is 9.78 Å². The first kappa shape index (κ1) is 9.12. The van der Waals surface area contributed by atoms with Gasteiger partial charge in [0.05, 0.1) is 6.54 Å². The van der Waals surface area contributed by atoms with Crippen molar-refractivity contribution in [1.29, 1.82) is 0 Å². The van der Waals surface area contributed by atoms with Crippen molar-refractivity contribution in [3.8, 4) is 0 Å². The predicted molar refractivity (Wildman–Crippen MR) is 41.0 cm³/mol. The van der Waals surface area contributed by atoms with Gasteiger partial charge in [-0.15, -0.1) is 0 Å². The van der Waals surface area contributed by atoms with Gasteiger partial charge in [-0.2, -0.15) is 5.10 Å². The number of hydrogen-bond donors (Lipinski definition) is 1. The second-order valence-electron chi connectivity index (χ2n) is 2.69. The molecule has 0 aliphatic rings. The summed E-state index contributed by atoms with van der Waals surface area (Å²) in [5.74, 6) is -2.86. The van der Waals surface area contributed by atoms with Crippen LogP contribution in [0.1, 0.15) is 5.69 Å². The molecule has 12 heavy (non-hydrogen) atoms. The highest BCUT2D eigenvalue weighted by atomic mass is 19.3. The zero-order valence-electron chi connectivity index (χ0n) is 6.80. The lowest BCUT2D eigenvalue weighted by atomic mass is 10.3. The molecule has 0 amide bonds. The molecule has 0 fully saturated rings. The summed E-state index contributed by atoms with van der Waals surface area (Å²) in [6.07, 6.45) is 1.49.